The zero-order valence-corrected chi connectivity index (χ0v) is 15.1. The van der Waals surface area contributed by atoms with Gasteiger partial charge >= 0.3 is 0 Å². The molecule has 0 aromatic carbocycles. The van der Waals surface area contributed by atoms with E-state index in [-0.39, 0.29) is 0 Å². The minimum Gasteiger partial charge on any atom is -0.473 e. The summed E-state index contributed by atoms with van der Waals surface area (Å²) in [7, 11) is 0. The summed E-state index contributed by atoms with van der Waals surface area (Å²) in [5.41, 5.74) is 8.28. The first kappa shape index (κ1) is 17.1. The molecular formula is C18H27N6O2+. The first-order valence-corrected chi connectivity index (χ1v) is 9.40. The molecule has 26 heavy (non-hydrogen) atoms. The normalized spacial score (nSPS) is 21.2. The van der Waals surface area contributed by atoms with Gasteiger partial charge in [0.25, 0.3) is 5.88 Å². The van der Waals surface area contributed by atoms with Crippen molar-refractivity contribution in [1.82, 2.24) is 19.3 Å². The molecule has 2 aliphatic rings. The summed E-state index contributed by atoms with van der Waals surface area (Å²) in [5.74, 6) is 0.535. The monoisotopic (exact) mass is 359 g/mol. The predicted molar refractivity (Wildman–Crippen MR) is 97.7 cm³/mol. The van der Waals surface area contributed by atoms with Crippen molar-refractivity contribution in [1.29, 1.82) is 0 Å². The molecule has 1 saturated heterocycles. The van der Waals surface area contributed by atoms with E-state index >= 15 is 0 Å². The third-order valence-corrected chi connectivity index (χ3v) is 5.24. The molecule has 1 aliphatic carbocycles. The lowest BCUT2D eigenvalue weighted by Crippen LogP contribution is -2.35. The van der Waals surface area contributed by atoms with Crippen LogP contribution >= 0.6 is 0 Å². The minimum atomic E-state index is 0.396. The molecule has 0 bridgehead atoms. The summed E-state index contributed by atoms with van der Waals surface area (Å²) < 4.78 is 17.7. The van der Waals surface area contributed by atoms with Gasteiger partial charge in [-0.3, -0.25) is 4.68 Å². The number of nitrogens with zero attached hydrogens (tertiary/aromatic N) is 5. The molecule has 2 fully saturated rings. The number of aromatic nitrogens is 4. The number of hydrogen-bond donors (Lipinski definition) is 1. The fourth-order valence-electron chi connectivity index (χ4n) is 3.75. The van der Waals surface area contributed by atoms with E-state index < -0.39 is 0 Å². The topological polar surface area (TPSA) is 83.1 Å². The molecule has 140 valence electrons. The van der Waals surface area contributed by atoms with Gasteiger partial charge in [0.05, 0.1) is 25.1 Å². The second-order valence-corrected chi connectivity index (χ2v) is 6.92. The number of ether oxygens (including phenoxy) is 2. The number of hydrogen-bond acceptors (Lipinski definition) is 5. The molecule has 3 heterocycles. The largest absolute Gasteiger partial charge is 0.473 e. The summed E-state index contributed by atoms with van der Waals surface area (Å²) in [6.45, 7) is 5.02. The van der Waals surface area contributed by atoms with Crippen molar-refractivity contribution < 1.29 is 14.0 Å². The summed E-state index contributed by atoms with van der Waals surface area (Å²) >= 11 is 0. The van der Waals surface area contributed by atoms with Gasteiger partial charge in [-0.1, -0.05) is 0 Å². The van der Waals surface area contributed by atoms with E-state index in [0.717, 1.165) is 58.5 Å². The standard InChI is InChI=1S/C18H27N6O2/c19-17-13-24(21-18(17)26-12-7-22-6-5-20-14-22)16-3-1-15(2-4-16)23-8-10-25-11-9-23/h5-6,13-14,16H,1-4,7-12,19H2/q+1. The molecule has 2 N–H and O–H groups in total. The van der Waals surface area contributed by atoms with E-state index in [9.17, 15) is 0 Å². The zero-order valence-electron chi connectivity index (χ0n) is 15.1. The summed E-state index contributed by atoms with van der Waals surface area (Å²) in [6, 6.07) is 0.396. The van der Waals surface area contributed by atoms with Gasteiger partial charge in [-0.25, -0.2) is 9.56 Å². The van der Waals surface area contributed by atoms with Crippen molar-refractivity contribution in [2.24, 2.45) is 0 Å². The minimum absolute atomic E-state index is 0.396. The van der Waals surface area contributed by atoms with Crippen LogP contribution in [0.25, 0.3) is 0 Å². The maximum atomic E-state index is 6.10. The Labute approximate surface area is 153 Å². The summed E-state index contributed by atoms with van der Waals surface area (Å²) in [6.07, 6.45) is 11.8. The number of nitrogens with two attached hydrogens (primary N) is 1. The third-order valence-electron chi connectivity index (χ3n) is 5.24. The van der Waals surface area contributed by atoms with Crippen LogP contribution in [0.3, 0.4) is 0 Å². The lowest BCUT2D eigenvalue weighted by Gasteiger charge is -2.24. The Balaban J connectivity index is 1.32. The smallest absolute Gasteiger partial charge is 0.256 e. The van der Waals surface area contributed by atoms with Crippen LogP contribution in [0.4, 0.5) is 5.69 Å². The third kappa shape index (κ3) is 3.90. The molecule has 0 unspecified atom stereocenters. The van der Waals surface area contributed by atoms with Gasteiger partial charge in [0.15, 0.2) is 18.8 Å². The number of imidazole rings is 1. The Kier molecular flexibility index (Phi) is 5.19. The van der Waals surface area contributed by atoms with Crippen LogP contribution in [0.5, 0.6) is 5.88 Å². The maximum Gasteiger partial charge on any atom is 0.256 e. The Morgan fingerprint density at radius 2 is 2.08 bits per heavy atom. The van der Waals surface area contributed by atoms with Gasteiger partial charge in [-0.2, -0.15) is 0 Å². The van der Waals surface area contributed by atoms with Crippen LogP contribution < -0.4 is 10.5 Å². The lowest BCUT2D eigenvalue weighted by atomic mass is 9.93. The molecule has 1 saturated carbocycles. The van der Waals surface area contributed by atoms with Crippen molar-refractivity contribution in [3.8, 4) is 5.88 Å². The van der Waals surface area contributed by atoms with E-state index in [2.05, 4.69) is 14.7 Å². The van der Waals surface area contributed by atoms with Gasteiger partial charge in [0.2, 0.25) is 0 Å². The Bertz CT molecular complexity index is 734. The van der Waals surface area contributed by atoms with E-state index in [0.29, 0.717) is 24.2 Å². The fourth-order valence-corrected chi connectivity index (χ4v) is 3.75. The number of nitrogen functional groups attached to an aromatic ring is 1. The summed E-state index contributed by atoms with van der Waals surface area (Å²) in [5, 5.41) is 4.59. The van der Waals surface area contributed by atoms with Crippen LogP contribution in [0.1, 0.15) is 31.7 Å². The molecule has 2 aromatic rings. The second kappa shape index (κ2) is 7.90. The van der Waals surface area contributed by atoms with Crippen LogP contribution in [-0.2, 0) is 11.3 Å². The zero-order chi connectivity index (χ0) is 17.8. The Morgan fingerprint density at radius 3 is 2.81 bits per heavy atom. The molecule has 8 nitrogen and oxygen atoms in total. The van der Waals surface area contributed by atoms with Gasteiger partial charge in [0.1, 0.15) is 25.5 Å². The van der Waals surface area contributed by atoms with Crippen molar-refractivity contribution >= 4 is 11.4 Å². The van der Waals surface area contributed by atoms with Crippen molar-refractivity contribution in [3.63, 3.8) is 0 Å². The van der Waals surface area contributed by atoms with Crippen LogP contribution in [0.2, 0.25) is 0 Å². The highest BCUT2D eigenvalue weighted by Gasteiger charge is 2.27. The van der Waals surface area contributed by atoms with Crippen molar-refractivity contribution in [2.75, 3.05) is 38.6 Å². The maximum absolute atomic E-state index is 6.10. The van der Waals surface area contributed by atoms with Crippen molar-refractivity contribution in [2.45, 2.75) is 38.3 Å². The molecular weight excluding hydrogens is 332 g/mol. The quantitative estimate of drug-likeness (QED) is 0.815. The highest BCUT2D eigenvalue weighted by molar-refractivity contribution is 5.80. The first-order valence-electron chi connectivity index (χ1n) is 9.40. The van der Waals surface area contributed by atoms with Crippen LogP contribution in [-0.4, -0.2) is 62.5 Å². The number of rotatable bonds is 5. The molecule has 2 aromatic heterocycles. The molecule has 0 amide bonds. The van der Waals surface area contributed by atoms with E-state index in [1.54, 1.807) is 18.2 Å². The molecule has 8 heteroatoms. The highest BCUT2D eigenvalue weighted by Crippen LogP contribution is 2.30. The molecule has 0 atom stereocenters. The van der Waals surface area contributed by atoms with Gasteiger partial charge in [-0.05, 0) is 12.8 Å². The fraction of sp³-hybridized carbons (Fsp3) is 0.611. The average molecular weight is 359 g/mol. The lowest BCUT2D eigenvalue weighted by molar-refractivity contribution is -0.551. The van der Waals surface area contributed by atoms with Crippen LogP contribution in [0, 0.1) is 0 Å². The van der Waals surface area contributed by atoms with E-state index in [4.69, 9.17) is 15.2 Å². The molecule has 0 spiro atoms. The van der Waals surface area contributed by atoms with Gasteiger partial charge in [0, 0.05) is 25.2 Å². The van der Waals surface area contributed by atoms with E-state index in [1.165, 1.54) is 0 Å². The number of anilines is 1. The Morgan fingerprint density at radius 1 is 1.27 bits per heavy atom. The van der Waals surface area contributed by atoms with Crippen molar-refractivity contribution in [3.05, 3.63) is 24.9 Å². The Hall–Kier alpha value is -2.35. The SMILES string of the molecule is Nc1cn(C2CCC(=[N+]3CCOCC3)CC2)nc1OCCn1ccnc1. The first-order chi connectivity index (χ1) is 12.8. The second-order valence-electron chi connectivity index (χ2n) is 6.92. The van der Waals surface area contributed by atoms with Gasteiger partial charge < -0.3 is 19.8 Å². The highest BCUT2D eigenvalue weighted by atomic mass is 16.5. The molecule has 4 rings (SSSR count). The van der Waals surface area contributed by atoms with E-state index in [1.807, 2.05) is 21.6 Å². The average Bonchev–Trinajstić information content (AvgIpc) is 3.33. The molecule has 1 aliphatic heterocycles. The number of morpholine rings is 1. The summed E-state index contributed by atoms with van der Waals surface area (Å²) in [4.78, 5) is 4.02. The van der Waals surface area contributed by atoms with Crippen LogP contribution in [0.15, 0.2) is 24.9 Å². The van der Waals surface area contributed by atoms with Gasteiger partial charge in [-0.15, -0.1) is 5.10 Å². The predicted octanol–water partition coefficient (Wildman–Crippen LogP) is 1.34. The molecule has 0 radical (unpaired) electrons.